The van der Waals surface area contributed by atoms with Crippen molar-refractivity contribution in [3.8, 4) is 22.3 Å². The number of aromatic nitrogens is 1. The number of para-hydroxylation sites is 2. The fourth-order valence-electron chi connectivity index (χ4n) is 2.11. The smallest absolute Gasteiger partial charge is 0.236 e. The number of hydrogen-bond donors (Lipinski definition) is 0. The number of oxazole rings is 1. The predicted octanol–water partition coefficient (Wildman–Crippen LogP) is 5.08. The first-order valence-corrected chi connectivity index (χ1v) is 8.50. The van der Waals surface area contributed by atoms with Crippen LogP contribution in [0.25, 0.3) is 10.8 Å². The van der Waals surface area contributed by atoms with E-state index in [1.807, 2.05) is 48.7 Å². The highest BCUT2D eigenvalue weighted by Crippen LogP contribution is 2.29. The van der Waals surface area contributed by atoms with Crippen molar-refractivity contribution in [2.24, 2.45) is 0 Å². The summed E-state index contributed by atoms with van der Waals surface area (Å²) >= 11 is 1.61. The summed E-state index contributed by atoms with van der Waals surface area (Å²) < 4.78 is 17.3. The van der Waals surface area contributed by atoms with Crippen LogP contribution in [0, 0.1) is 6.92 Å². The Bertz CT molecular complexity index is 749. The van der Waals surface area contributed by atoms with E-state index in [0.717, 1.165) is 34.3 Å². The van der Waals surface area contributed by atoms with Crippen molar-refractivity contribution in [3.63, 3.8) is 0 Å². The van der Waals surface area contributed by atoms with Gasteiger partial charge in [0.1, 0.15) is 18.1 Å². The minimum absolute atomic E-state index is 0.354. The first-order valence-electron chi connectivity index (χ1n) is 7.62. The largest absolute Gasteiger partial charge is 0.490 e. The molecular formula is C18H19NO3S. The van der Waals surface area contributed by atoms with Gasteiger partial charge in [0.15, 0.2) is 11.5 Å². The second-order valence-electron chi connectivity index (χ2n) is 5.08. The van der Waals surface area contributed by atoms with Crippen molar-refractivity contribution < 1.29 is 13.9 Å². The van der Waals surface area contributed by atoms with Crippen LogP contribution in [-0.2, 0) is 6.61 Å². The average molecular weight is 329 g/mol. The highest BCUT2D eigenvalue weighted by atomic mass is 32.1. The van der Waals surface area contributed by atoms with Crippen molar-refractivity contribution in [3.05, 3.63) is 53.2 Å². The van der Waals surface area contributed by atoms with E-state index >= 15 is 0 Å². The number of aryl methyl sites for hydroxylation is 1. The van der Waals surface area contributed by atoms with Gasteiger partial charge < -0.3 is 13.9 Å². The first kappa shape index (κ1) is 15.6. The van der Waals surface area contributed by atoms with Crippen LogP contribution in [0.1, 0.15) is 24.8 Å². The van der Waals surface area contributed by atoms with Gasteiger partial charge in [-0.3, -0.25) is 0 Å². The summed E-state index contributed by atoms with van der Waals surface area (Å²) in [6.45, 7) is 5.01. The van der Waals surface area contributed by atoms with E-state index in [1.165, 1.54) is 0 Å². The highest BCUT2D eigenvalue weighted by molar-refractivity contribution is 7.13. The number of ether oxygens (including phenoxy) is 2. The van der Waals surface area contributed by atoms with Crippen LogP contribution < -0.4 is 9.47 Å². The highest BCUT2D eigenvalue weighted by Gasteiger charge is 2.13. The lowest BCUT2D eigenvalue weighted by molar-refractivity contribution is 0.258. The molecular weight excluding hydrogens is 310 g/mol. The van der Waals surface area contributed by atoms with Crippen molar-refractivity contribution in [1.29, 1.82) is 0 Å². The number of rotatable bonds is 7. The van der Waals surface area contributed by atoms with Gasteiger partial charge in [-0.15, -0.1) is 11.3 Å². The third kappa shape index (κ3) is 3.74. The SMILES string of the molecule is CCCOc1ccccc1OCc1nc(-c2cccs2)oc1C. The van der Waals surface area contributed by atoms with Gasteiger partial charge in [-0.25, -0.2) is 4.98 Å². The third-order valence-corrected chi connectivity index (χ3v) is 4.16. The van der Waals surface area contributed by atoms with E-state index in [1.54, 1.807) is 11.3 Å². The Morgan fingerprint density at radius 3 is 2.57 bits per heavy atom. The number of nitrogens with zero attached hydrogens (tertiary/aromatic N) is 1. The van der Waals surface area contributed by atoms with E-state index in [2.05, 4.69) is 11.9 Å². The van der Waals surface area contributed by atoms with Gasteiger partial charge in [0, 0.05) is 0 Å². The second kappa shape index (κ2) is 7.33. The normalized spacial score (nSPS) is 10.7. The quantitative estimate of drug-likeness (QED) is 0.606. The van der Waals surface area contributed by atoms with E-state index < -0.39 is 0 Å². The van der Waals surface area contributed by atoms with Crippen LogP contribution >= 0.6 is 11.3 Å². The van der Waals surface area contributed by atoms with Crippen molar-refractivity contribution in [2.45, 2.75) is 26.9 Å². The molecule has 4 nitrogen and oxygen atoms in total. The monoisotopic (exact) mass is 329 g/mol. The van der Waals surface area contributed by atoms with Gasteiger partial charge >= 0.3 is 0 Å². The van der Waals surface area contributed by atoms with Crippen LogP contribution in [-0.4, -0.2) is 11.6 Å². The summed E-state index contributed by atoms with van der Waals surface area (Å²) in [5.74, 6) is 2.90. The average Bonchev–Trinajstić information content (AvgIpc) is 3.21. The lowest BCUT2D eigenvalue weighted by Gasteiger charge is -2.11. The molecule has 0 aliphatic carbocycles. The molecule has 0 fully saturated rings. The maximum atomic E-state index is 5.89. The molecule has 3 aromatic rings. The zero-order valence-electron chi connectivity index (χ0n) is 13.2. The molecule has 120 valence electrons. The van der Waals surface area contributed by atoms with Crippen LogP contribution in [0.2, 0.25) is 0 Å². The van der Waals surface area contributed by atoms with Gasteiger partial charge in [0.25, 0.3) is 0 Å². The van der Waals surface area contributed by atoms with Gasteiger partial charge in [0.05, 0.1) is 11.5 Å². The third-order valence-electron chi connectivity index (χ3n) is 3.30. The molecule has 0 unspecified atom stereocenters. The maximum Gasteiger partial charge on any atom is 0.236 e. The molecule has 0 atom stereocenters. The number of hydrogen-bond acceptors (Lipinski definition) is 5. The molecule has 1 aromatic carbocycles. The fourth-order valence-corrected chi connectivity index (χ4v) is 2.76. The van der Waals surface area contributed by atoms with Gasteiger partial charge in [0.2, 0.25) is 5.89 Å². The Morgan fingerprint density at radius 1 is 1.09 bits per heavy atom. The minimum Gasteiger partial charge on any atom is -0.490 e. The van der Waals surface area contributed by atoms with Crippen LogP contribution in [0.4, 0.5) is 0 Å². The Morgan fingerprint density at radius 2 is 1.87 bits per heavy atom. The summed E-state index contributed by atoms with van der Waals surface area (Å²) in [7, 11) is 0. The van der Waals surface area contributed by atoms with Gasteiger partial charge in [-0.1, -0.05) is 25.1 Å². The molecule has 0 aliphatic heterocycles. The lowest BCUT2D eigenvalue weighted by Crippen LogP contribution is -2.01. The zero-order chi connectivity index (χ0) is 16.1. The lowest BCUT2D eigenvalue weighted by atomic mass is 10.3. The first-order chi connectivity index (χ1) is 11.3. The van der Waals surface area contributed by atoms with E-state index in [4.69, 9.17) is 13.9 Å². The van der Waals surface area contributed by atoms with Gasteiger partial charge in [-0.05, 0) is 36.9 Å². The second-order valence-corrected chi connectivity index (χ2v) is 6.03. The molecule has 3 rings (SSSR count). The Hall–Kier alpha value is -2.27. The molecule has 0 aliphatic rings. The zero-order valence-corrected chi connectivity index (χ0v) is 14.1. The Balaban J connectivity index is 1.71. The van der Waals surface area contributed by atoms with Gasteiger partial charge in [-0.2, -0.15) is 0 Å². The molecule has 5 heteroatoms. The molecule has 2 heterocycles. The summed E-state index contributed by atoms with van der Waals surface area (Å²) in [6, 6.07) is 11.7. The molecule has 0 radical (unpaired) electrons. The summed E-state index contributed by atoms with van der Waals surface area (Å²) in [4.78, 5) is 5.56. The molecule has 23 heavy (non-hydrogen) atoms. The van der Waals surface area contributed by atoms with Crippen LogP contribution in [0.5, 0.6) is 11.5 Å². The van der Waals surface area contributed by atoms with Crippen molar-refractivity contribution >= 4 is 11.3 Å². The minimum atomic E-state index is 0.354. The van der Waals surface area contributed by atoms with E-state index in [0.29, 0.717) is 19.1 Å². The Labute approximate surface area is 139 Å². The van der Waals surface area contributed by atoms with Crippen LogP contribution in [0.3, 0.4) is 0 Å². The van der Waals surface area contributed by atoms with Crippen molar-refractivity contribution in [2.75, 3.05) is 6.61 Å². The van der Waals surface area contributed by atoms with Crippen molar-refractivity contribution in [1.82, 2.24) is 4.98 Å². The topological polar surface area (TPSA) is 44.5 Å². The summed E-state index contributed by atoms with van der Waals surface area (Å²) in [5.41, 5.74) is 0.804. The Kier molecular flexibility index (Phi) is 4.98. The molecule has 2 aromatic heterocycles. The van der Waals surface area contributed by atoms with Crippen LogP contribution in [0.15, 0.2) is 46.2 Å². The fraction of sp³-hybridized carbons (Fsp3) is 0.278. The summed E-state index contributed by atoms with van der Waals surface area (Å²) in [6.07, 6.45) is 0.959. The number of benzene rings is 1. The van der Waals surface area contributed by atoms with E-state index in [9.17, 15) is 0 Å². The molecule has 0 saturated carbocycles. The summed E-state index contributed by atoms with van der Waals surface area (Å²) in [5, 5.41) is 2.01. The maximum absolute atomic E-state index is 5.89. The number of thiophene rings is 1. The molecule has 0 bridgehead atoms. The molecule has 0 saturated heterocycles. The molecule has 0 N–H and O–H groups in total. The van der Waals surface area contributed by atoms with E-state index in [-0.39, 0.29) is 0 Å². The standard InChI is InChI=1S/C18H19NO3S/c1-3-10-20-15-7-4-5-8-16(15)21-12-14-13(2)22-18(19-14)17-9-6-11-23-17/h4-9,11H,3,10,12H2,1-2H3. The molecule has 0 spiro atoms. The predicted molar refractivity (Wildman–Crippen MR) is 91.1 cm³/mol. The molecule has 0 amide bonds.